The van der Waals surface area contributed by atoms with E-state index in [2.05, 4.69) is 0 Å². The number of halogens is 1. The van der Waals surface area contributed by atoms with Gasteiger partial charge in [0.25, 0.3) is 5.91 Å². The third kappa shape index (κ3) is 4.87. The van der Waals surface area contributed by atoms with Crippen molar-refractivity contribution >= 4 is 63.8 Å². The SMILES string of the molecule is O=C(O)CC[C@@H](C(=O)O)N1C(=O)/C(=C\c2ccc(-c3ccc(Cl)cc3)o2)SC1=S. The molecule has 29 heavy (non-hydrogen) atoms. The minimum absolute atomic E-state index is 0.0588. The molecule has 1 amide bonds. The molecule has 0 saturated carbocycles. The van der Waals surface area contributed by atoms with Gasteiger partial charge in [0.2, 0.25) is 0 Å². The number of thioether (sulfide) groups is 1. The summed E-state index contributed by atoms with van der Waals surface area (Å²) in [4.78, 5) is 36.2. The molecule has 1 aromatic carbocycles. The van der Waals surface area contributed by atoms with Gasteiger partial charge in [0.05, 0.1) is 4.91 Å². The fraction of sp³-hybridized carbons (Fsp3) is 0.158. The normalized spacial score (nSPS) is 16.4. The van der Waals surface area contributed by atoms with Crippen LogP contribution >= 0.6 is 35.6 Å². The molecule has 1 aliphatic rings. The maximum atomic E-state index is 12.7. The number of amides is 1. The highest BCUT2D eigenvalue weighted by Crippen LogP contribution is 2.35. The van der Waals surface area contributed by atoms with Crippen LogP contribution in [0.5, 0.6) is 0 Å². The van der Waals surface area contributed by atoms with Gasteiger partial charge in [-0.3, -0.25) is 14.5 Å². The molecular formula is C19H14ClNO6S2. The number of rotatable bonds is 7. The second-order valence-electron chi connectivity index (χ2n) is 6.05. The Morgan fingerprint density at radius 1 is 1.21 bits per heavy atom. The summed E-state index contributed by atoms with van der Waals surface area (Å²) in [5, 5.41) is 18.8. The molecule has 0 spiro atoms. The van der Waals surface area contributed by atoms with Gasteiger partial charge >= 0.3 is 11.9 Å². The highest BCUT2D eigenvalue weighted by molar-refractivity contribution is 8.26. The van der Waals surface area contributed by atoms with E-state index in [4.69, 9.17) is 33.3 Å². The maximum Gasteiger partial charge on any atom is 0.326 e. The summed E-state index contributed by atoms with van der Waals surface area (Å²) in [6.45, 7) is 0. The van der Waals surface area contributed by atoms with Gasteiger partial charge < -0.3 is 14.6 Å². The third-order valence-electron chi connectivity index (χ3n) is 4.08. The zero-order valence-electron chi connectivity index (χ0n) is 14.7. The number of carboxylic acid groups (broad SMARTS) is 2. The van der Waals surface area contributed by atoms with Crippen LogP contribution in [0.1, 0.15) is 18.6 Å². The second-order valence-corrected chi connectivity index (χ2v) is 8.16. The predicted molar refractivity (Wildman–Crippen MR) is 112 cm³/mol. The molecule has 1 saturated heterocycles. The third-order valence-corrected chi connectivity index (χ3v) is 5.66. The van der Waals surface area contributed by atoms with Crippen molar-refractivity contribution in [3.8, 4) is 11.3 Å². The van der Waals surface area contributed by atoms with E-state index >= 15 is 0 Å². The molecule has 0 radical (unpaired) electrons. The van der Waals surface area contributed by atoms with E-state index in [1.807, 2.05) is 0 Å². The number of furan rings is 1. The summed E-state index contributed by atoms with van der Waals surface area (Å²) in [5.41, 5.74) is 0.807. The lowest BCUT2D eigenvalue weighted by atomic mass is 10.1. The van der Waals surface area contributed by atoms with Gasteiger partial charge in [0.1, 0.15) is 21.9 Å². The zero-order valence-corrected chi connectivity index (χ0v) is 17.1. The average molecular weight is 452 g/mol. The Morgan fingerprint density at radius 2 is 1.90 bits per heavy atom. The number of aliphatic carboxylic acids is 2. The Kier molecular flexibility index (Phi) is 6.41. The first kappa shape index (κ1) is 21.1. The van der Waals surface area contributed by atoms with Gasteiger partial charge in [0.15, 0.2) is 0 Å². The van der Waals surface area contributed by atoms with Crippen LogP contribution in [0.25, 0.3) is 17.4 Å². The first-order valence-electron chi connectivity index (χ1n) is 8.33. The highest BCUT2D eigenvalue weighted by Gasteiger charge is 2.40. The van der Waals surface area contributed by atoms with Crippen molar-refractivity contribution in [2.75, 3.05) is 0 Å². The molecule has 7 nitrogen and oxygen atoms in total. The number of carboxylic acids is 2. The molecule has 0 bridgehead atoms. The maximum absolute atomic E-state index is 12.7. The zero-order chi connectivity index (χ0) is 21.1. The molecule has 2 heterocycles. The first-order chi connectivity index (χ1) is 13.8. The Morgan fingerprint density at radius 3 is 2.52 bits per heavy atom. The van der Waals surface area contributed by atoms with Crippen LogP contribution in [0, 0.1) is 0 Å². The predicted octanol–water partition coefficient (Wildman–Crippen LogP) is 4.12. The largest absolute Gasteiger partial charge is 0.481 e. The van der Waals surface area contributed by atoms with Crippen LogP contribution in [0.4, 0.5) is 0 Å². The minimum Gasteiger partial charge on any atom is -0.481 e. The molecule has 1 atom stereocenters. The smallest absolute Gasteiger partial charge is 0.326 e. The Balaban J connectivity index is 1.81. The fourth-order valence-corrected chi connectivity index (χ4v) is 4.16. The molecule has 2 N–H and O–H groups in total. The van der Waals surface area contributed by atoms with Crippen molar-refractivity contribution in [1.82, 2.24) is 4.90 Å². The van der Waals surface area contributed by atoms with Crippen molar-refractivity contribution < 1.29 is 29.0 Å². The topological polar surface area (TPSA) is 108 Å². The summed E-state index contributed by atoms with van der Waals surface area (Å²) in [5.74, 6) is -2.09. The highest BCUT2D eigenvalue weighted by atomic mass is 35.5. The van der Waals surface area contributed by atoms with E-state index in [1.54, 1.807) is 36.4 Å². The summed E-state index contributed by atoms with van der Waals surface area (Å²) in [6.07, 6.45) is 0.844. The Bertz CT molecular complexity index is 1010. The van der Waals surface area contributed by atoms with E-state index < -0.39 is 30.3 Å². The first-order valence-corrected chi connectivity index (χ1v) is 9.94. The average Bonchev–Trinajstić information content (AvgIpc) is 3.22. The Labute approximate surface area is 179 Å². The van der Waals surface area contributed by atoms with Crippen molar-refractivity contribution in [2.45, 2.75) is 18.9 Å². The number of carbonyl (C=O) groups excluding carboxylic acids is 1. The van der Waals surface area contributed by atoms with Crippen molar-refractivity contribution in [3.05, 3.63) is 52.1 Å². The summed E-state index contributed by atoms with van der Waals surface area (Å²) in [7, 11) is 0. The summed E-state index contributed by atoms with van der Waals surface area (Å²) < 4.78 is 5.80. The fourth-order valence-electron chi connectivity index (χ4n) is 2.70. The quantitative estimate of drug-likeness (QED) is 0.478. The molecule has 1 aromatic heterocycles. The van der Waals surface area contributed by atoms with Gasteiger partial charge in [-0.1, -0.05) is 35.6 Å². The van der Waals surface area contributed by atoms with Gasteiger partial charge in [-0.05, 0) is 42.8 Å². The monoisotopic (exact) mass is 451 g/mol. The van der Waals surface area contributed by atoms with Crippen LogP contribution in [-0.4, -0.2) is 43.3 Å². The standard InChI is InChI=1S/C19H14ClNO6S2/c20-11-3-1-10(2-4-11)14-7-5-12(27-14)9-15-17(24)21(19(28)29-15)13(18(25)26)6-8-16(22)23/h1-5,7,9,13H,6,8H2,(H,22,23)(H,25,26)/b15-9+/t13-/m0/s1. The minimum atomic E-state index is -1.34. The number of nitrogens with zero attached hydrogens (tertiary/aromatic N) is 1. The van der Waals surface area contributed by atoms with Crippen LogP contribution in [0.3, 0.4) is 0 Å². The molecule has 0 unspecified atom stereocenters. The summed E-state index contributed by atoms with van der Waals surface area (Å²) in [6, 6.07) is 9.12. The second kappa shape index (κ2) is 8.81. The van der Waals surface area contributed by atoms with E-state index in [-0.39, 0.29) is 15.6 Å². The molecular weight excluding hydrogens is 438 g/mol. The van der Waals surface area contributed by atoms with Gasteiger partial charge in [-0.15, -0.1) is 0 Å². The molecule has 3 rings (SSSR count). The number of benzene rings is 1. The van der Waals surface area contributed by atoms with E-state index in [0.29, 0.717) is 16.5 Å². The van der Waals surface area contributed by atoms with Crippen LogP contribution in [-0.2, 0) is 14.4 Å². The lowest BCUT2D eigenvalue weighted by Gasteiger charge is -2.22. The number of thiocarbonyl (C=S) groups is 1. The van der Waals surface area contributed by atoms with Gasteiger partial charge in [0, 0.05) is 23.1 Å². The van der Waals surface area contributed by atoms with Crippen molar-refractivity contribution in [1.29, 1.82) is 0 Å². The molecule has 150 valence electrons. The van der Waals surface area contributed by atoms with Gasteiger partial charge in [-0.25, -0.2) is 4.79 Å². The van der Waals surface area contributed by atoms with Crippen LogP contribution < -0.4 is 0 Å². The molecule has 1 aliphatic heterocycles. The van der Waals surface area contributed by atoms with Crippen LogP contribution in [0.15, 0.2) is 45.7 Å². The van der Waals surface area contributed by atoms with Crippen molar-refractivity contribution in [2.24, 2.45) is 0 Å². The molecule has 2 aromatic rings. The molecule has 0 aliphatic carbocycles. The molecule has 1 fully saturated rings. The Hall–Kier alpha value is -2.62. The molecule has 10 heteroatoms. The van der Waals surface area contributed by atoms with E-state index in [1.165, 1.54) is 6.08 Å². The lowest BCUT2D eigenvalue weighted by Crippen LogP contribution is -2.44. The van der Waals surface area contributed by atoms with Crippen LogP contribution in [0.2, 0.25) is 5.02 Å². The number of hydrogen-bond acceptors (Lipinski definition) is 6. The van der Waals surface area contributed by atoms with E-state index in [0.717, 1.165) is 22.2 Å². The van der Waals surface area contributed by atoms with Crippen molar-refractivity contribution in [3.63, 3.8) is 0 Å². The summed E-state index contributed by atoms with van der Waals surface area (Å²) >= 11 is 12.0. The number of carbonyl (C=O) groups is 3. The van der Waals surface area contributed by atoms with E-state index in [9.17, 15) is 19.5 Å². The number of hydrogen-bond donors (Lipinski definition) is 2. The lowest BCUT2D eigenvalue weighted by molar-refractivity contribution is -0.146. The van der Waals surface area contributed by atoms with Gasteiger partial charge in [-0.2, -0.15) is 0 Å².